The molecule has 0 saturated heterocycles. The highest BCUT2D eigenvalue weighted by molar-refractivity contribution is 6.01. The lowest BCUT2D eigenvalue weighted by atomic mass is 9.98. The van der Waals surface area contributed by atoms with E-state index in [-0.39, 0.29) is 11.8 Å². The summed E-state index contributed by atoms with van der Waals surface area (Å²) >= 11 is 0. The summed E-state index contributed by atoms with van der Waals surface area (Å²) < 4.78 is 5.33. The van der Waals surface area contributed by atoms with Crippen LogP contribution in [0.4, 0.5) is 0 Å². The second-order valence-electron chi connectivity index (χ2n) is 5.60. The Morgan fingerprint density at radius 3 is 2.59 bits per heavy atom. The molecule has 0 amide bonds. The Morgan fingerprint density at radius 2 is 1.91 bits per heavy atom. The molecule has 22 heavy (non-hydrogen) atoms. The number of benzene rings is 2. The largest absolute Gasteiger partial charge is 0.496 e. The summed E-state index contributed by atoms with van der Waals surface area (Å²) in [6.07, 6.45) is 0. The van der Waals surface area contributed by atoms with Crippen LogP contribution < -0.4 is 10.1 Å². The average Bonchev–Trinajstić information content (AvgIpc) is 2.52. The Labute approximate surface area is 132 Å². The number of methoxy groups -OCH3 is 1. The summed E-state index contributed by atoms with van der Waals surface area (Å²) in [6.45, 7) is 6.51. The number of rotatable bonds is 6. The van der Waals surface area contributed by atoms with Crippen molar-refractivity contribution in [3.8, 4) is 5.75 Å². The highest BCUT2D eigenvalue weighted by atomic mass is 16.5. The van der Waals surface area contributed by atoms with Crippen LogP contribution in [0.25, 0.3) is 0 Å². The van der Waals surface area contributed by atoms with Gasteiger partial charge in [0.25, 0.3) is 0 Å². The number of hydrogen-bond acceptors (Lipinski definition) is 3. The Kier molecular flexibility index (Phi) is 5.34. The first-order valence-electron chi connectivity index (χ1n) is 7.49. The first kappa shape index (κ1) is 16.2. The molecule has 1 unspecified atom stereocenters. The molecule has 0 saturated carbocycles. The van der Waals surface area contributed by atoms with Gasteiger partial charge in [0.15, 0.2) is 5.78 Å². The van der Waals surface area contributed by atoms with Crippen LogP contribution in [0.1, 0.15) is 34.0 Å². The van der Waals surface area contributed by atoms with E-state index < -0.39 is 0 Å². The minimum Gasteiger partial charge on any atom is -0.496 e. The molecule has 1 atom stereocenters. The first-order valence-corrected chi connectivity index (χ1v) is 7.49. The third-order valence-electron chi connectivity index (χ3n) is 3.83. The van der Waals surface area contributed by atoms with Crippen molar-refractivity contribution < 1.29 is 9.53 Å². The van der Waals surface area contributed by atoms with Gasteiger partial charge in [-0.2, -0.15) is 0 Å². The maximum absolute atomic E-state index is 12.6. The second kappa shape index (κ2) is 7.23. The Balaban J connectivity index is 2.05. The van der Waals surface area contributed by atoms with E-state index in [1.807, 2.05) is 63.2 Å². The Hall–Kier alpha value is -2.13. The van der Waals surface area contributed by atoms with Crippen molar-refractivity contribution in [1.29, 1.82) is 0 Å². The monoisotopic (exact) mass is 297 g/mol. The van der Waals surface area contributed by atoms with Gasteiger partial charge < -0.3 is 10.1 Å². The molecule has 2 aromatic rings. The van der Waals surface area contributed by atoms with Crippen molar-refractivity contribution in [1.82, 2.24) is 5.32 Å². The molecule has 2 aromatic carbocycles. The lowest BCUT2D eigenvalue weighted by molar-refractivity contribution is 0.0949. The number of Topliss-reactive ketones (excluding diaryl/α,β-unsaturated/α-hetero) is 1. The summed E-state index contributed by atoms with van der Waals surface area (Å²) in [5.41, 5.74) is 4.02. The van der Waals surface area contributed by atoms with Gasteiger partial charge in [-0.15, -0.1) is 0 Å². The van der Waals surface area contributed by atoms with E-state index in [0.29, 0.717) is 6.54 Å². The molecule has 0 spiro atoms. The Bertz CT molecular complexity index is 664. The number of carbonyl (C=O) groups excluding carboxylic acids is 1. The number of ether oxygens (including phenoxy) is 1. The van der Waals surface area contributed by atoms with Gasteiger partial charge in [-0.25, -0.2) is 0 Å². The van der Waals surface area contributed by atoms with E-state index in [0.717, 1.165) is 22.4 Å². The fourth-order valence-corrected chi connectivity index (χ4v) is 2.53. The molecule has 3 heteroatoms. The molecule has 0 bridgehead atoms. The minimum atomic E-state index is -0.244. The maximum Gasteiger partial charge on any atom is 0.179 e. The smallest absolute Gasteiger partial charge is 0.179 e. The molecule has 0 aliphatic heterocycles. The van der Waals surface area contributed by atoms with E-state index in [9.17, 15) is 4.79 Å². The zero-order valence-corrected chi connectivity index (χ0v) is 13.6. The van der Waals surface area contributed by atoms with Crippen molar-refractivity contribution >= 4 is 5.78 Å². The summed E-state index contributed by atoms with van der Waals surface area (Å²) in [5, 5.41) is 3.28. The predicted molar refractivity (Wildman–Crippen MR) is 89.5 cm³/mol. The van der Waals surface area contributed by atoms with Crippen LogP contribution in [0.15, 0.2) is 42.5 Å². The minimum absolute atomic E-state index is 0.118. The van der Waals surface area contributed by atoms with E-state index in [1.54, 1.807) is 7.11 Å². The van der Waals surface area contributed by atoms with E-state index >= 15 is 0 Å². The van der Waals surface area contributed by atoms with Gasteiger partial charge in [0.05, 0.1) is 13.2 Å². The van der Waals surface area contributed by atoms with Crippen LogP contribution in [0.5, 0.6) is 5.75 Å². The van der Waals surface area contributed by atoms with Gasteiger partial charge >= 0.3 is 0 Å². The number of aryl methyl sites for hydroxylation is 2. The van der Waals surface area contributed by atoms with Gasteiger partial charge in [-0.1, -0.05) is 42.0 Å². The normalized spacial score (nSPS) is 12.0. The van der Waals surface area contributed by atoms with Crippen LogP contribution in [-0.2, 0) is 6.54 Å². The molecule has 0 aliphatic rings. The molecule has 1 N–H and O–H groups in total. The number of ketones is 1. The highest BCUT2D eigenvalue weighted by Gasteiger charge is 2.17. The molecule has 3 nitrogen and oxygen atoms in total. The predicted octanol–water partition coefficient (Wildman–Crippen LogP) is 3.67. The molecule has 0 fully saturated rings. The zero-order chi connectivity index (χ0) is 16.1. The molecule has 0 radical (unpaired) electrons. The van der Waals surface area contributed by atoms with Crippen molar-refractivity contribution in [2.45, 2.75) is 33.4 Å². The quantitative estimate of drug-likeness (QED) is 0.827. The fraction of sp³-hybridized carbons (Fsp3) is 0.316. The van der Waals surface area contributed by atoms with Gasteiger partial charge in [-0.3, -0.25) is 4.79 Å². The van der Waals surface area contributed by atoms with Gasteiger partial charge in [0, 0.05) is 17.7 Å². The second-order valence-corrected chi connectivity index (χ2v) is 5.60. The highest BCUT2D eigenvalue weighted by Crippen LogP contribution is 2.18. The fourth-order valence-electron chi connectivity index (χ4n) is 2.53. The van der Waals surface area contributed by atoms with Gasteiger partial charge in [0.1, 0.15) is 5.75 Å². The SMILES string of the molecule is COc1ccccc1CNC(C)C(=O)c1ccc(C)cc1C. The van der Waals surface area contributed by atoms with Crippen molar-refractivity contribution in [2.24, 2.45) is 0 Å². The molecule has 2 rings (SSSR count). The standard InChI is InChI=1S/C19H23NO2/c1-13-9-10-17(14(2)11-13)19(21)15(3)20-12-16-7-5-6-8-18(16)22-4/h5-11,15,20H,12H2,1-4H3. The van der Waals surface area contributed by atoms with Crippen molar-refractivity contribution in [2.75, 3.05) is 7.11 Å². The Morgan fingerprint density at radius 1 is 1.18 bits per heavy atom. The van der Waals surface area contributed by atoms with Crippen LogP contribution in [-0.4, -0.2) is 18.9 Å². The molecular weight excluding hydrogens is 274 g/mol. The number of para-hydroxylation sites is 1. The lowest BCUT2D eigenvalue weighted by Gasteiger charge is -2.16. The lowest BCUT2D eigenvalue weighted by Crippen LogP contribution is -2.34. The topological polar surface area (TPSA) is 38.3 Å². The first-order chi connectivity index (χ1) is 10.5. The summed E-state index contributed by atoms with van der Waals surface area (Å²) in [6, 6.07) is 13.5. The van der Waals surface area contributed by atoms with Crippen LogP contribution >= 0.6 is 0 Å². The third-order valence-corrected chi connectivity index (χ3v) is 3.83. The van der Waals surface area contributed by atoms with Crippen LogP contribution in [0.2, 0.25) is 0 Å². The van der Waals surface area contributed by atoms with E-state index in [2.05, 4.69) is 5.32 Å². The summed E-state index contributed by atoms with van der Waals surface area (Å²) in [5.74, 6) is 0.952. The van der Waals surface area contributed by atoms with E-state index in [4.69, 9.17) is 4.74 Å². The van der Waals surface area contributed by atoms with E-state index in [1.165, 1.54) is 5.56 Å². The molecule has 116 valence electrons. The maximum atomic E-state index is 12.6. The molecular formula is C19H23NO2. The number of hydrogen-bond donors (Lipinski definition) is 1. The molecule has 0 aromatic heterocycles. The van der Waals surface area contributed by atoms with Gasteiger partial charge in [-0.05, 0) is 32.4 Å². The van der Waals surface area contributed by atoms with Crippen LogP contribution in [0.3, 0.4) is 0 Å². The average molecular weight is 297 g/mol. The number of nitrogens with one attached hydrogen (secondary N) is 1. The molecule has 0 aliphatic carbocycles. The number of carbonyl (C=O) groups is 1. The summed E-state index contributed by atoms with van der Waals surface area (Å²) in [4.78, 5) is 12.6. The van der Waals surface area contributed by atoms with Gasteiger partial charge in [0.2, 0.25) is 0 Å². The zero-order valence-electron chi connectivity index (χ0n) is 13.6. The molecule has 0 heterocycles. The van der Waals surface area contributed by atoms with Crippen LogP contribution in [0, 0.1) is 13.8 Å². The third kappa shape index (κ3) is 3.74. The summed E-state index contributed by atoms with van der Waals surface area (Å²) in [7, 11) is 1.66. The van der Waals surface area contributed by atoms with Crippen molar-refractivity contribution in [3.63, 3.8) is 0 Å². The van der Waals surface area contributed by atoms with Crippen molar-refractivity contribution in [3.05, 3.63) is 64.7 Å².